The Morgan fingerprint density at radius 2 is 2.36 bits per heavy atom. The molecule has 2 heterocycles. The molecule has 1 aromatic heterocycles. The second kappa shape index (κ2) is 6.65. The van der Waals surface area contributed by atoms with E-state index in [1.807, 2.05) is 0 Å². The highest BCUT2D eigenvalue weighted by Crippen LogP contribution is 2.33. The van der Waals surface area contributed by atoms with Gasteiger partial charge in [-0.25, -0.2) is 9.18 Å². The van der Waals surface area contributed by atoms with Crippen LogP contribution in [0.2, 0.25) is 0 Å². The molecule has 1 saturated heterocycles. The summed E-state index contributed by atoms with van der Waals surface area (Å²) in [6.07, 6.45) is -1.35. The van der Waals surface area contributed by atoms with Crippen LogP contribution in [-0.2, 0) is 20.7 Å². The van der Waals surface area contributed by atoms with Crippen molar-refractivity contribution in [3.8, 4) is 0 Å². The molecular formula is C15H17FN2O4. The number of nitrogens with zero attached hydrogens (tertiary/aromatic N) is 2. The lowest BCUT2D eigenvalue weighted by Gasteiger charge is -2.18. The number of hydrogen-bond donors (Lipinski definition) is 0. The average Bonchev–Trinajstić information content (AvgIpc) is 2.76. The van der Waals surface area contributed by atoms with Crippen molar-refractivity contribution in [1.29, 1.82) is 0 Å². The average molecular weight is 308 g/mol. The third-order valence-corrected chi connectivity index (χ3v) is 3.19. The van der Waals surface area contributed by atoms with Gasteiger partial charge in [0.15, 0.2) is 30.9 Å². The molecule has 6 nitrogen and oxygen atoms in total. The van der Waals surface area contributed by atoms with E-state index in [0.29, 0.717) is 18.4 Å². The van der Waals surface area contributed by atoms with Gasteiger partial charge in [-0.05, 0) is 13.0 Å². The van der Waals surface area contributed by atoms with Gasteiger partial charge in [0, 0.05) is 12.6 Å². The van der Waals surface area contributed by atoms with Crippen LogP contribution < -0.4 is 5.69 Å². The molecule has 0 amide bonds. The molecule has 22 heavy (non-hydrogen) atoms. The molecule has 118 valence electrons. The number of carbonyl (C=O) groups is 1. The highest BCUT2D eigenvalue weighted by molar-refractivity contribution is 5.58. The Labute approximate surface area is 126 Å². The van der Waals surface area contributed by atoms with Gasteiger partial charge in [0.2, 0.25) is 0 Å². The Bertz CT molecular complexity index is 643. The molecule has 0 saturated carbocycles. The molecule has 0 aliphatic carbocycles. The molecule has 2 rings (SSSR count). The Hall–Kier alpha value is -2.28. The van der Waals surface area contributed by atoms with E-state index in [1.165, 1.54) is 6.20 Å². The van der Waals surface area contributed by atoms with Crippen LogP contribution in [0.3, 0.4) is 0 Å². The van der Waals surface area contributed by atoms with Gasteiger partial charge in [-0.3, -0.25) is 4.57 Å². The van der Waals surface area contributed by atoms with Gasteiger partial charge < -0.3 is 14.3 Å². The number of aldehydes is 1. The zero-order chi connectivity index (χ0) is 16.3. The number of rotatable bonds is 6. The van der Waals surface area contributed by atoms with Crippen LogP contribution in [0.25, 0.3) is 0 Å². The number of alkyl halides is 1. The summed E-state index contributed by atoms with van der Waals surface area (Å²) in [5.41, 5.74) is -0.140. The van der Waals surface area contributed by atoms with Crippen molar-refractivity contribution in [3.05, 3.63) is 53.4 Å². The zero-order valence-electron chi connectivity index (χ0n) is 12.1. The lowest BCUT2D eigenvalue weighted by atomic mass is 10.1. The van der Waals surface area contributed by atoms with Gasteiger partial charge in [-0.15, -0.1) is 6.58 Å². The van der Waals surface area contributed by atoms with E-state index in [-0.39, 0.29) is 5.76 Å². The van der Waals surface area contributed by atoms with Crippen molar-refractivity contribution in [3.63, 3.8) is 0 Å². The van der Waals surface area contributed by atoms with E-state index in [0.717, 1.165) is 4.57 Å². The first-order valence-corrected chi connectivity index (χ1v) is 6.74. The van der Waals surface area contributed by atoms with Gasteiger partial charge in [-0.2, -0.15) is 4.98 Å². The highest BCUT2D eigenvalue weighted by Gasteiger charge is 2.48. The first-order chi connectivity index (χ1) is 10.5. The smallest absolute Gasteiger partial charge is 0.350 e. The molecule has 1 fully saturated rings. The first-order valence-electron chi connectivity index (χ1n) is 6.74. The maximum Gasteiger partial charge on any atom is 0.350 e. The molecule has 0 bridgehead atoms. The minimum absolute atomic E-state index is 0.260. The fourth-order valence-corrected chi connectivity index (χ4v) is 2.25. The van der Waals surface area contributed by atoms with E-state index in [9.17, 15) is 14.0 Å². The fourth-order valence-electron chi connectivity index (χ4n) is 2.25. The Morgan fingerprint density at radius 1 is 1.64 bits per heavy atom. The molecule has 0 aromatic carbocycles. The minimum Gasteiger partial charge on any atom is -0.489 e. The van der Waals surface area contributed by atoms with Crippen LogP contribution in [0, 0.1) is 0 Å². The lowest BCUT2D eigenvalue weighted by molar-refractivity contribution is -0.123. The van der Waals surface area contributed by atoms with E-state index in [1.54, 1.807) is 19.1 Å². The summed E-state index contributed by atoms with van der Waals surface area (Å²) in [5.74, 6) is 0.260. The van der Waals surface area contributed by atoms with E-state index < -0.39 is 30.3 Å². The minimum atomic E-state index is -1.70. The number of allylic oxidation sites excluding steroid dienone is 2. The van der Waals surface area contributed by atoms with Gasteiger partial charge in [0.05, 0.1) is 11.5 Å². The Balaban J connectivity index is 2.29. The van der Waals surface area contributed by atoms with Crippen molar-refractivity contribution < 1.29 is 18.7 Å². The van der Waals surface area contributed by atoms with Crippen LogP contribution >= 0.6 is 0 Å². The first kappa shape index (κ1) is 16.1. The summed E-state index contributed by atoms with van der Waals surface area (Å²) in [4.78, 5) is 26.8. The van der Waals surface area contributed by atoms with Crippen LogP contribution in [0.15, 0.2) is 42.1 Å². The maximum absolute atomic E-state index is 14.5. The summed E-state index contributed by atoms with van der Waals surface area (Å²) in [7, 11) is 0. The van der Waals surface area contributed by atoms with E-state index in [4.69, 9.17) is 9.47 Å². The van der Waals surface area contributed by atoms with Crippen LogP contribution in [-0.4, -0.2) is 34.2 Å². The number of carbonyl (C=O) groups excluding carboxylic acids is 1. The number of aromatic nitrogens is 2. The monoisotopic (exact) mass is 308 g/mol. The third-order valence-electron chi connectivity index (χ3n) is 3.19. The van der Waals surface area contributed by atoms with Crippen molar-refractivity contribution in [2.24, 2.45) is 0 Å². The van der Waals surface area contributed by atoms with Crippen LogP contribution in [0.1, 0.15) is 18.8 Å². The van der Waals surface area contributed by atoms with Gasteiger partial charge in [0.1, 0.15) is 0 Å². The van der Waals surface area contributed by atoms with Crippen molar-refractivity contribution in [1.82, 2.24) is 9.55 Å². The van der Waals surface area contributed by atoms with Crippen molar-refractivity contribution in [2.75, 3.05) is 0 Å². The van der Waals surface area contributed by atoms with Crippen LogP contribution in [0.4, 0.5) is 4.39 Å². The molecule has 1 aromatic rings. The third kappa shape index (κ3) is 3.14. The van der Waals surface area contributed by atoms with Crippen molar-refractivity contribution in [2.45, 2.75) is 38.0 Å². The molecule has 1 aliphatic rings. The molecule has 7 heteroatoms. The Morgan fingerprint density at radius 3 is 2.91 bits per heavy atom. The molecule has 1 aliphatic heterocycles. The Kier molecular flexibility index (Phi) is 4.87. The summed E-state index contributed by atoms with van der Waals surface area (Å²) < 4.78 is 26.0. The van der Waals surface area contributed by atoms with Gasteiger partial charge in [0.25, 0.3) is 0 Å². The topological polar surface area (TPSA) is 70.4 Å². The lowest BCUT2D eigenvalue weighted by Crippen LogP contribution is -2.34. The molecule has 4 unspecified atom stereocenters. The number of halogens is 1. The second-order valence-corrected chi connectivity index (χ2v) is 4.96. The summed E-state index contributed by atoms with van der Waals surface area (Å²) in [6, 6.07) is 1.57. The standard InChI is InChI=1S/C15H17FN2O4/c1-4-5-10-6-7-18(15(20)17-10)14-12(16)13(21-9(2)3)11(8-19)22-14/h4,6-8,11-14H,1-2,5H2,3H3. The van der Waals surface area contributed by atoms with E-state index >= 15 is 0 Å². The summed E-state index contributed by atoms with van der Waals surface area (Å²) >= 11 is 0. The predicted molar refractivity (Wildman–Crippen MR) is 77.0 cm³/mol. The highest BCUT2D eigenvalue weighted by atomic mass is 19.1. The molecule has 0 radical (unpaired) electrons. The second-order valence-electron chi connectivity index (χ2n) is 4.96. The quantitative estimate of drug-likeness (QED) is 0.450. The fraction of sp³-hybridized carbons (Fsp3) is 0.400. The van der Waals surface area contributed by atoms with Gasteiger partial charge in [-0.1, -0.05) is 12.7 Å². The molecular weight excluding hydrogens is 291 g/mol. The molecule has 0 spiro atoms. The van der Waals surface area contributed by atoms with Gasteiger partial charge >= 0.3 is 5.69 Å². The van der Waals surface area contributed by atoms with Crippen molar-refractivity contribution >= 4 is 6.29 Å². The number of ether oxygens (including phenoxy) is 2. The summed E-state index contributed by atoms with van der Waals surface area (Å²) in [5, 5.41) is 0. The van der Waals surface area contributed by atoms with Crippen LogP contribution in [0.5, 0.6) is 0 Å². The van der Waals surface area contributed by atoms with E-state index in [2.05, 4.69) is 18.1 Å². The maximum atomic E-state index is 14.5. The molecule has 4 atom stereocenters. The predicted octanol–water partition coefficient (Wildman–Crippen LogP) is 1.32. The normalized spacial score (nSPS) is 27.4. The summed E-state index contributed by atoms with van der Waals surface area (Å²) in [6.45, 7) is 8.62. The largest absolute Gasteiger partial charge is 0.489 e. The SMILES string of the molecule is C=CCc1ccn(C2OC(C=O)C(OC(=C)C)C2F)c(=O)n1. The molecule has 0 N–H and O–H groups in total. The zero-order valence-corrected chi connectivity index (χ0v) is 12.1. The number of hydrogen-bond acceptors (Lipinski definition) is 5.